The van der Waals surface area contributed by atoms with Gasteiger partial charge in [-0.1, -0.05) is 30.3 Å². The van der Waals surface area contributed by atoms with Crippen LogP contribution in [-0.2, 0) is 10.1 Å². The van der Waals surface area contributed by atoms with Gasteiger partial charge in [-0.2, -0.15) is 8.42 Å². The van der Waals surface area contributed by atoms with Crippen LogP contribution in [0.1, 0.15) is 0 Å². The highest BCUT2D eigenvalue weighted by Gasteiger charge is 2.14. The minimum absolute atomic E-state index is 0.0792. The maximum Gasteiger partial charge on any atom is 0.363 e. The summed E-state index contributed by atoms with van der Waals surface area (Å²) in [6, 6.07) is 12.2. The molecule has 0 aliphatic carbocycles. The predicted molar refractivity (Wildman–Crippen MR) is 75.5 cm³/mol. The van der Waals surface area contributed by atoms with E-state index >= 15 is 0 Å². The summed E-state index contributed by atoms with van der Waals surface area (Å²) in [5.74, 6) is 0. The van der Waals surface area contributed by atoms with Crippen LogP contribution in [0.4, 0.5) is 0 Å². The monoisotopic (exact) mass is 303 g/mol. The molecule has 0 atom stereocenters. The standard InChI is InChI=1S/C14H9NO5S/c16-14-13(9-4-2-1-3-5-9)15-11-8-10(21(17,18)19)6-7-12(11)20-14/h1-8H,(H,17,18,19). The molecule has 3 rings (SSSR count). The lowest BCUT2D eigenvalue weighted by atomic mass is 10.1. The first kappa shape index (κ1) is 13.5. The van der Waals surface area contributed by atoms with E-state index in [4.69, 9.17) is 8.97 Å². The van der Waals surface area contributed by atoms with Crippen LogP contribution in [-0.4, -0.2) is 18.0 Å². The van der Waals surface area contributed by atoms with E-state index in [0.717, 1.165) is 12.1 Å². The quantitative estimate of drug-likeness (QED) is 0.728. The van der Waals surface area contributed by atoms with E-state index in [1.807, 2.05) is 0 Å². The maximum absolute atomic E-state index is 11.9. The van der Waals surface area contributed by atoms with Gasteiger partial charge in [0, 0.05) is 5.56 Å². The number of fused-ring (bicyclic) bond motifs is 1. The summed E-state index contributed by atoms with van der Waals surface area (Å²) >= 11 is 0. The molecule has 0 amide bonds. The number of aromatic nitrogens is 1. The van der Waals surface area contributed by atoms with Gasteiger partial charge in [0.15, 0.2) is 11.3 Å². The fraction of sp³-hybridized carbons (Fsp3) is 0. The Balaban J connectivity index is 2.29. The van der Waals surface area contributed by atoms with Crippen LogP contribution >= 0.6 is 0 Å². The second kappa shape index (κ2) is 4.80. The summed E-state index contributed by atoms with van der Waals surface area (Å²) in [4.78, 5) is 15.7. The molecule has 0 fully saturated rings. The Hall–Kier alpha value is -2.51. The average Bonchev–Trinajstić information content (AvgIpc) is 2.46. The van der Waals surface area contributed by atoms with Crippen LogP contribution in [0.15, 0.2) is 62.6 Å². The summed E-state index contributed by atoms with van der Waals surface area (Å²) in [6.07, 6.45) is 0. The van der Waals surface area contributed by atoms with Gasteiger partial charge in [0.2, 0.25) is 0 Å². The number of hydrogen-bond acceptors (Lipinski definition) is 5. The second-order valence-electron chi connectivity index (χ2n) is 4.32. The zero-order valence-corrected chi connectivity index (χ0v) is 11.4. The molecule has 0 unspecified atom stereocenters. The molecule has 3 aromatic rings. The van der Waals surface area contributed by atoms with Crippen LogP contribution < -0.4 is 5.63 Å². The van der Waals surface area contributed by atoms with Gasteiger partial charge in [-0.3, -0.25) is 4.55 Å². The lowest BCUT2D eigenvalue weighted by molar-refractivity contribution is 0.483. The molecular weight excluding hydrogens is 294 g/mol. The van der Waals surface area contributed by atoms with Crippen molar-refractivity contribution in [2.24, 2.45) is 0 Å². The Labute approximate surface area is 119 Å². The second-order valence-corrected chi connectivity index (χ2v) is 5.74. The normalized spacial score (nSPS) is 11.7. The lowest BCUT2D eigenvalue weighted by Crippen LogP contribution is -2.06. The summed E-state index contributed by atoms with van der Waals surface area (Å²) < 4.78 is 36.4. The molecule has 0 aliphatic heterocycles. The summed E-state index contributed by atoms with van der Waals surface area (Å²) in [6.45, 7) is 0. The molecule has 21 heavy (non-hydrogen) atoms. The van der Waals surface area contributed by atoms with Crippen molar-refractivity contribution in [1.29, 1.82) is 0 Å². The summed E-state index contributed by atoms with van der Waals surface area (Å²) in [7, 11) is -4.34. The maximum atomic E-state index is 11.9. The van der Waals surface area contributed by atoms with Gasteiger partial charge in [0.25, 0.3) is 10.1 Å². The van der Waals surface area contributed by atoms with E-state index in [0.29, 0.717) is 5.56 Å². The van der Waals surface area contributed by atoms with Crippen LogP contribution in [0, 0.1) is 0 Å². The molecule has 0 saturated carbocycles. The zero-order chi connectivity index (χ0) is 15.0. The third-order valence-electron chi connectivity index (χ3n) is 2.90. The lowest BCUT2D eigenvalue weighted by Gasteiger charge is -2.03. The number of nitrogens with zero attached hydrogens (tertiary/aromatic N) is 1. The fourth-order valence-corrected chi connectivity index (χ4v) is 2.42. The average molecular weight is 303 g/mol. The topological polar surface area (TPSA) is 97.5 Å². The van der Waals surface area contributed by atoms with Gasteiger partial charge in [0.1, 0.15) is 5.52 Å². The Morgan fingerprint density at radius 1 is 1.05 bits per heavy atom. The third kappa shape index (κ3) is 2.56. The Kier molecular flexibility index (Phi) is 3.08. The van der Waals surface area contributed by atoms with Crippen molar-refractivity contribution >= 4 is 21.2 Å². The Bertz CT molecular complexity index is 977. The highest BCUT2D eigenvalue weighted by molar-refractivity contribution is 7.85. The molecule has 0 bridgehead atoms. The van der Waals surface area contributed by atoms with Crippen LogP contribution in [0.2, 0.25) is 0 Å². The minimum Gasteiger partial charge on any atom is -0.419 e. The van der Waals surface area contributed by atoms with E-state index in [9.17, 15) is 13.2 Å². The molecule has 1 heterocycles. The van der Waals surface area contributed by atoms with Gasteiger partial charge in [-0.25, -0.2) is 9.78 Å². The Morgan fingerprint density at radius 3 is 2.43 bits per heavy atom. The van der Waals surface area contributed by atoms with E-state index < -0.39 is 15.7 Å². The fourth-order valence-electron chi connectivity index (χ4n) is 1.92. The van der Waals surface area contributed by atoms with Gasteiger partial charge >= 0.3 is 5.63 Å². The first-order valence-corrected chi connectivity index (χ1v) is 7.37. The molecular formula is C14H9NO5S. The van der Waals surface area contributed by atoms with E-state index in [1.165, 1.54) is 6.07 Å². The van der Waals surface area contributed by atoms with Crippen LogP contribution in [0.5, 0.6) is 0 Å². The molecule has 1 aromatic heterocycles. The van der Waals surface area contributed by atoms with Crippen molar-refractivity contribution in [3.63, 3.8) is 0 Å². The predicted octanol–water partition coefficient (Wildman–Crippen LogP) is 2.10. The molecule has 1 N–H and O–H groups in total. The molecule has 106 valence electrons. The molecule has 0 radical (unpaired) electrons. The highest BCUT2D eigenvalue weighted by Crippen LogP contribution is 2.20. The van der Waals surface area contributed by atoms with Gasteiger partial charge in [-0.05, 0) is 18.2 Å². The molecule has 0 aliphatic rings. The first-order valence-electron chi connectivity index (χ1n) is 5.93. The van der Waals surface area contributed by atoms with Gasteiger partial charge < -0.3 is 4.42 Å². The van der Waals surface area contributed by atoms with Crippen LogP contribution in [0.3, 0.4) is 0 Å². The molecule has 6 nitrogen and oxygen atoms in total. The van der Waals surface area contributed by atoms with E-state index in [1.54, 1.807) is 30.3 Å². The summed E-state index contributed by atoms with van der Waals surface area (Å²) in [5.41, 5.74) is 0.338. The molecule has 0 spiro atoms. The van der Waals surface area contributed by atoms with Crippen LogP contribution in [0.25, 0.3) is 22.4 Å². The van der Waals surface area contributed by atoms with Crippen molar-refractivity contribution in [3.05, 3.63) is 59.0 Å². The first-order chi connectivity index (χ1) is 9.95. The molecule has 2 aromatic carbocycles. The SMILES string of the molecule is O=c1oc2ccc(S(=O)(=O)O)cc2nc1-c1ccccc1. The van der Waals surface area contributed by atoms with E-state index in [-0.39, 0.29) is 21.7 Å². The van der Waals surface area contributed by atoms with Gasteiger partial charge in [-0.15, -0.1) is 0 Å². The molecule has 0 saturated heterocycles. The van der Waals surface area contributed by atoms with Crippen molar-refractivity contribution in [2.75, 3.05) is 0 Å². The highest BCUT2D eigenvalue weighted by atomic mass is 32.2. The summed E-state index contributed by atoms with van der Waals surface area (Å²) in [5, 5.41) is 0. The Morgan fingerprint density at radius 2 is 1.76 bits per heavy atom. The number of benzene rings is 2. The largest absolute Gasteiger partial charge is 0.419 e. The third-order valence-corrected chi connectivity index (χ3v) is 3.75. The zero-order valence-electron chi connectivity index (χ0n) is 10.6. The number of hydrogen-bond donors (Lipinski definition) is 1. The van der Waals surface area contributed by atoms with Gasteiger partial charge in [0.05, 0.1) is 4.90 Å². The number of rotatable bonds is 2. The van der Waals surface area contributed by atoms with Crippen molar-refractivity contribution in [1.82, 2.24) is 4.98 Å². The minimum atomic E-state index is -4.34. The smallest absolute Gasteiger partial charge is 0.363 e. The van der Waals surface area contributed by atoms with Crippen molar-refractivity contribution in [3.8, 4) is 11.3 Å². The van der Waals surface area contributed by atoms with Crippen molar-refractivity contribution in [2.45, 2.75) is 4.90 Å². The molecule has 7 heteroatoms. The van der Waals surface area contributed by atoms with E-state index in [2.05, 4.69) is 4.98 Å². The van der Waals surface area contributed by atoms with Crippen molar-refractivity contribution < 1.29 is 17.4 Å².